The summed E-state index contributed by atoms with van der Waals surface area (Å²) in [5.74, 6) is 3.76. The maximum absolute atomic E-state index is 6.62. The van der Waals surface area contributed by atoms with Crippen molar-refractivity contribution < 1.29 is 9.47 Å². The summed E-state index contributed by atoms with van der Waals surface area (Å²) in [5.41, 5.74) is 15.0. The Labute approximate surface area is 275 Å². The first kappa shape index (κ1) is 24.1. The highest BCUT2D eigenvalue weighted by atomic mass is 16.5. The number of ether oxygens (including phenoxy) is 2. The van der Waals surface area contributed by atoms with Gasteiger partial charge in [0.1, 0.15) is 23.0 Å². The SMILES string of the molecule is c1ccc2c(c1)Oc1cccc3c1B2c1cccc2c4ccc5c6cccc7c6n(c5c4n-3c12)-c1cccc2c1B7c1ccccc1O2. The van der Waals surface area contributed by atoms with Crippen molar-refractivity contribution in [2.75, 3.05) is 0 Å². The van der Waals surface area contributed by atoms with Gasteiger partial charge in [0, 0.05) is 44.0 Å². The van der Waals surface area contributed by atoms with Crippen LogP contribution < -0.4 is 42.3 Å². The molecule has 0 aliphatic carbocycles. The standard InChI is InChI=1S/C42H22B2N2O2/c1-3-17-33-27(11-1)43-29-13-5-9-23-25-21-22-26-24-10-6-14-30-40(24)46(32-16-8-20-36-38(32)44(30)28-12-2-4-18-34(28)48-36)42(26)41(25)45(39(23)29)31-15-7-19-35(47-33)37(31)43/h1-22H. The number of rotatable bonds is 0. The number of benzene rings is 7. The van der Waals surface area contributed by atoms with E-state index in [1.54, 1.807) is 0 Å². The molecule has 48 heavy (non-hydrogen) atoms. The van der Waals surface area contributed by atoms with Gasteiger partial charge in [-0.15, -0.1) is 0 Å². The molecule has 0 amide bonds. The van der Waals surface area contributed by atoms with Crippen LogP contribution in [0, 0.1) is 0 Å². The Morgan fingerprint density at radius 1 is 0.333 bits per heavy atom. The van der Waals surface area contributed by atoms with Crippen molar-refractivity contribution in [3.05, 3.63) is 133 Å². The van der Waals surface area contributed by atoms with Gasteiger partial charge in [0.05, 0.1) is 11.0 Å². The smallest absolute Gasteiger partial charge is 0.256 e. The minimum Gasteiger partial charge on any atom is -0.458 e. The fraction of sp³-hybridized carbons (Fsp3) is 0. The molecule has 0 atom stereocenters. The summed E-state index contributed by atoms with van der Waals surface area (Å²) >= 11 is 0. The lowest BCUT2D eigenvalue weighted by Crippen LogP contribution is -2.58. The van der Waals surface area contributed by atoms with Gasteiger partial charge in [-0.1, -0.05) is 97.1 Å². The van der Waals surface area contributed by atoms with Crippen molar-refractivity contribution in [1.29, 1.82) is 0 Å². The van der Waals surface area contributed by atoms with Gasteiger partial charge in [-0.25, -0.2) is 0 Å². The molecule has 0 spiro atoms. The second-order valence-electron chi connectivity index (χ2n) is 13.5. The first-order valence-corrected chi connectivity index (χ1v) is 16.7. The van der Waals surface area contributed by atoms with Gasteiger partial charge in [0.2, 0.25) is 0 Å². The quantitative estimate of drug-likeness (QED) is 0.205. The summed E-state index contributed by atoms with van der Waals surface area (Å²) in [6.07, 6.45) is 0. The van der Waals surface area contributed by atoms with E-state index in [4.69, 9.17) is 9.47 Å². The number of para-hydroxylation sites is 4. The molecule has 9 aromatic rings. The molecule has 0 fully saturated rings. The second kappa shape index (κ2) is 8.04. The summed E-state index contributed by atoms with van der Waals surface area (Å²) in [5, 5.41) is 5.09. The third kappa shape index (κ3) is 2.58. The van der Waals surface area contributed by atoms with Gasteiger partial charge in [0.15, 0.2) is 0 Å². The fourth-order valence-corrected chi connectivity index (χ4v) is 9.73. The number of nitrogens with zero attached hydrogens (tertiary/aromatic N) is 2. The molecule has 0 bridgehead atoms. The number of hydrogen-bond acceptors (Lipinski definition) is 2. The maximum Gasteiger partial charge on any atom is 0.256 e. The van der Waals surface area contributed by atoms with Crippen LogP contribution in [-0.2, 0) is 0 Å². The zero-order valence-electron chi connectivity index (χ0n) is 25.6. The van der Waals surface area contributed by atoms with Crippen molar-refractivity contribution in [3.63, 3.8) is 0 Å². The summed E-state index contributed by atoms with van der Waals surface area (Å²) in [6, 6.07) is 48.6. The predicted octanol–water partition coefficient (Wildman–Crippen LogP) is 5.75. The van der Waals surface area contributed by atoms with Gasteiger partial charge >= 0.3 is 0 Å². The molecular weight excluding hydrogens is 586 g/mol. The lowest BCUT2D eigenvalue weighted by atomic mass is 9.34. The van der Waals surface area contributed by atoms with E-state index in [1.807, 2.05) is 0 Å². The molecular formula is C42H22B2N2O2. The largest absolute Gasteiger partial charge is 0.458 e. The van der Waals surface area contributed by atoms with Crippen LogP contribution in [0.2, 0.25) is 0 Å². The van der Waals surface area contributed by atoms with Crippen LogP contribution in [0.1, 0.15) is 0 Å². The van der Waals surface area contributed by atoms with E-state index in [9.17, 15) is 0 Å². The third-order valence-corrected chi connectivity index (χ3v) is 11.4. The first-order chi connectivity index (χ1) is 23.8. The lowest BCUT2D eigenvalue weighted by molar-refractivity contribution is 0.487. The van der Waals surface area contributed by atoms with Crippen molar-refractivity contribution >= 4 is 89.8 Å². The number of fused-ring (bicyclic) bond motifs is 15. The molecule has 0 saturated heterocycles. The van der Waals surface area contributed by atoms with Crippen LogP contribution in [0.25, 0.3) is 55.0 Å². The van der Waals surface area contributed by atoms with Crippen molar-refractivity contribution in [2.45, 2.75) is 0 Å². The Bertz CT molecular complexity index is 2790. The van der Waals surface area contributed by atoms with Crippen LogP contribution in [0.3, 0.4) is 0 Å². The molecule has 4 aliphatic heterocycles. The van der Waals surface area contributed by atoms with Crippen molar-refractivity contribution in [1.82, 2.24) is 9.13 Å². The Kier molecular flexibility index (Phi) is 4.04. The predicted molar refractivity (Wildman–Crippen MR) is 197 cm³/mol. The molecule has 218 valence electrons. The number of aromatic nitrogens is 2. The van der Waals surface area contributed by atoms with Crippen LogP contribution in [0.15, 0.2) is 133 Å². The topological polar surface area (TPSA) is 28.3 Å². The normalized spacial score (nSPS) is 14.1. The van der Waals surface area contributed by atoms with Gasteiger partial charge in [0.25, 0.3) is 13.4 Å². The van der Waals surface area contributed by atoms with Crippen LogP contribution in [0.4, 0.5) is 0 Å². The zero-order valence-corrected chi connectivity index (χ0v) is 25.6. The third-order valence-electron chi connectivity index (χ3n) is 11.4. The van der Waals surface area contributed by atoms with Gasteiger partial charge in [-0.05, 0) is 69.2 Å². The van der Waals surface area contributed by atoms with E-state index < -0.39 is 0 Å². The molecule has 0 N–H and O–H groups in total. The second-order valence-corrected chi connectivity index (χ2v) is 13.5. The molecule has 6 heteroatoms. The van der Waals surface area contributed by atoms with Gasteiger partial charge < -0.3 is 18.6 Å². The molecule has 6 heterocycles. The fourth-order valence-electron chi connectivity index (χ4n) is 9.73. The molecule has 2 aromatic heterocycles. The Morgan fingerprint density at radius 2 is 0.729 bits per heavy atom. The summed E-state index contributed by atoms with van der Waals surface area (Å²) in [7, 11) is 0. The summed E-state index contributed by atoms with van der Waals surface area (Å²) in [6.45, 7) is 0.209. The minimum atomic E-state index is 0.104. The monoisotopic (exact) mass is 608 g/mol. The Balaban J connectivity index is 1.25. The van der Waals surface area contributed by atoms with E-state index in [-0.39, 0.29) is 13.4 Å². The maximum atomic E-state index is 6.62. The minimum absolute atomic E-state index is 0.104. The lowest BCUT2D eigenvalue weighted by Gasteiger charge is -2.33. The van der Waals surface area contributed by atoms with E-state index >= 15 is 0 Å². The Hall–Kier alpha value is -6.13. The molecule has 13 rings (SSSR count). The van der Waals surface area contributed by atoms with Crippen LogP contribution >= 0.6 is 0 Å². The molecule has 4 nitrogen and oxygen atoms in total. The highest BCUT2D eigenvalue weighted by Crippen LogP contribution is 2.44. The van der Waals surface area contributed by atoms with E-state index in [0.717, 1.165) is 23.0 Å². The first-order valence-electron chi connectivity index (χ1n) is 16.7. The summed E-state index contributed by atoms with van der Waals surface area (Å²) in [4.78, 5) is 0. The highest BCUT2D eigenvalue weighted by molar-refractivity contribution is 7.00. The van der Waals surface area contributed by atoms with Crippen molar-refractivity contribution in [3.8, 4) is 34.4 Å². The molecule has 0 radical (unpaired) electrons. The van der Waals surface area contributed by atoms with Gasteiger partial charge in [-0.3, -0.25) is 0 Å². The highest BCUT2D eigenvalue weighted by Gasteiger charge is 2.43. The zero-order chi connectivity index (χ0) is 30.8. The molecule has 0 unspecified atom stereocenters. The molecule has 7 aromatic carbocycles. The average molecular weight is 608 g/mol. The molecule has 4 aliphatic rings. The summed E-state index contributed by atoms with van der Waals surface area (Å²) < 4.78 is 18.3. The average Bonchev–Trinajstić information content (AvgIpc) is 3.66. The van der Waals surface area contributed by atoms with Crippen LogP contribution in [-0.4, -0.2) is 22.6 Å². The van der Waals surface area contributed by atoms with E-state index in [0.29, 0.717) is 0 Å². The molecule has 0 saturated carbocycles. The van der Waals surface area contributed by atoms with Gasteiger partial charge in [-0.2, -0.15) is 0 Å². The van der Waals surface area contributed by atoms with E-state index in [1.165, 1.54) is 87.8 Å². The Morgan fingerprint density at radius 3 is 1.23 bits per heavy atom. The van der Waals surface area contributed by atoms with Crippen molar-refractivity contribution in [2.24, 2.45) is 0 Å². The number of hydrogen-bond donors (Lipinski definition) is 0. The van der Waals surface area contributed by atoms with Crippen LogP contribution in [0.5, 0.6) is 23.0 Å². The van der Waals surface area contributed by atoms with E-state index in [2.05, 4.69) is 143 Å².